The first-order valence-electron chi connectivity index (χ1n) is 5.87. The Labute approximate surface area is 107 Å². The molecule has 96 valence electrons. The van der Waals surface area contributed by atoms with Crippen molar-refractivity contribution in [2.45, 2.75) is 31.8 Å². The van der Waals surface area contributed by atoms with Gasteiger partial charge in [0.25, 0.3) is 0 Å². The van der Waals surface area contributed by atoms with Crippen LogP contribution in [0, 0.1) is 5.92 Å². The number of aliphatic hydroxyl groups excluding tert-OH is 1. The van der Waals surface area contributed by atoms with Crippen molar-refractivity contribution in [3.05, 3.63) is 18.2 Å². The largest absolute Gasteiger partial charge is 0.494 e. The predicted molar refractivity (Wildman–Crippen MR) is 73.6 cm³/mol. The van der Waals surface area contributed by atoms with E-state index in [1.807, 2.05) is 39.0 Å². The van der Waals surface area contributed by atoms with Gasteiger partial charge in [0.2, 0.25) is 0 Å². The quantitative estimate of drug-likeness (QED) is 0.606. The smallest absolute Gasteiger partial charge is 0.120 e. The molecule has 4 heteroatoms. The van der Waals surface area contributed by atoms with Crippen LogP contribution in [0.5, 0.6) is 5.75 Å². The van der Waals surface area contributed by atoms with Gasteiger partial charge in [-0.2, -0.15) is 0 Å². The van der Waals surface area contributed by atoms with Gasteiger partial charge in [-0.3, -0.25) is 0 Å². The van der Waals surface area contributed by atoms with Crippen LogP contribution < -0.4 is 10.5 Å². The fourth-order valence-electron chi connectivity index (χ4n) is 1.26. The zero-order chi connectivity index (χ0) is 12.8. The summed E-state index contributed by atoms with van der Waals surface area (Å²) in [5.41, 5.74) is 6.62. The minimum absolute atomic E-state index is 0.263. The maximum Gasteiger partial charge on any atom is 0.120 e. The molecule has 0 heterocycles. The second-order valence-corrected chi connectivity index (χ2v) is 5.32. The third-order valence-electron chi connectivity index (χ3n) is 2.48. The molecule has 0 amide bonds. The van der Waals surface area contributed by atoms with Gasteiger partial charge in [-0.25, -0.2) is 0 Å². The number of benzene rings is 1. The van der Waals surface area contributed by atoms with Crippen molar-refractivity contribution < 1.29 is 9.84 Å². The number of hydrogen-bond donors (Lipinski definition) is 2. The van der Waals surface area contributed by atoms with Crippen LogP contribution in [-0.2, 0) is 0 Å². The van der Waals surface area contributed by atoms with E-state index in [4.69, 9.17) is 10.5 Å². The van der Waals surface area contributed by atoms with E-state index in [-0.39, 0.29) is 12.0 Å². The average molecular weight is 255 g/mol. The van der Waals surface area contributed by atoms with E-state index in [1.165, 1.54) is 0 Å². The number of anilines is 1. The van der Waals surface area contributed by atoms with Crippen LogP contribution in [0.25, 0.3) is 0 Å². The molecule has 0 fully saturated rings. The number of hydrogen-bond acceptors (Lipinski definition) is 4. The molecule has 1 rings (SSSR count). The van der Waals surface area contributed by atoms with Crippen LogP contribution in [0.15, 0.2) is 23.1 Å². The molecule has 1 unspecified atom stereocenters. The van der Waals surface area contributed by atoms with Crippen LogP contribution >= 0.6 is 11.8 Å². The summed E-state index contributed by atoms with van der Waals surface area (Å²) in [6.07, 6.45) is -0.310. The Balaban J connectivity index is 2.66. The van der Waals surface area contributed by atoms with E-state index < -0.39 is 0 Å². The lowest BCUT2D eigenvalue weighted by Crippen LogP contribution is -2.17. The first-order valence-corrected chi connectivity index (χ1v) is 6.86. The van der Waals surface area contributed by atoms with E-state index in [0.717, 1.165) is 16.3 Å². The minimum atomic E-state index is -0.310. The molecule has 0 spiro atoms. The first kappa shape index (κ1) is 14.2. The van der Waals surface area contributed by atoms with Gasteiger partial charge in [-0.05, 0) is 31.0 Å². The number of rotatable bonds is 6. The Morgan fingerprint density at radius 1 is 1.41 bits per heavy atom. The van der Waals surface area contributed by atoms with Gasteiger partial charge in [-0.15, -0.1) is 11.8 Å². The summed E-state index contributed by atoms with van der Waals surface area (Å²) in [6, 6.07) is 5.63. The first-order chi connectivity index (χ1) is 8.04. The molecule has 0 aliphatic carbocycles. The van der Waals surface area contributed by atoms with Crippen molar-refractivity contribution in [2.75, 3.05) is 18.1 Å². The molecule has 0 bridgehead atoms. The van der Waals surface area contributed by atoms with Gasteiger partial charge in [0, 0.05) is 16.3 Å². The molecule has 3 N–H and O–H groups in total. The Morgan fingerprint density at radius 2 is 2.12 bits per heavy atom. The maximum absolute atomic E-state index is 9.76. The van der Waals surface area contributed by atoms with Crippen molar-refractivity contribution in [2.24, 2.45) is 5.92 Å². The number of nitrogens with two attached hydrogens (primary N) is 1. The highest BCUT2D eigenvalue weighted by Gasteiger charge is 2.11. The van der Waals surface area contributed by atoms with Gasteiger partial charge >= 0.3 is 0 Å². The number of thioether (sulfide) groups is 1. The van der Waals surface area contributed by atoms with E-state index >= 15 is 0 Å². The van der Waals surface area contributed by atoms with E-state index in [1.54, 1.807) is 11.8 Å². The van der Waals surface area contributed by atoms with Gasteiger partial charge in [0.1, 0.15) is 5.75 Å². The van der Waals surface area contributed by atoms with Crippen LogP contribution in [0.4, 0.5) is 5.69 Å². The molecule has 0 aliphatic rings. The van der Waals surface area contributed by atoms with Gasteiger partial charge in [-0.1, -0.05) is 13.8 Å². The monoisotopic (exact) mass is 255 g/mol. The second kappa shape index (κ2) is 6.77. The molecule has 0 aliphatic heterocycles. The zero-order valence-electron chi connectivity index (χ0n) is 10.6. The van der Waals surface area contributed by atoms with Crippen LogP contribution in [-0.4, -0.2) is 23.6 Å². The number of ether oxygens (including phenoxy) is 1. The lowest BCUT2D eigenvalue weighted by molar-refractivity contribution is 0.149. The lowest BCUT2D eigenvalue weighted by atomic mass is 10.1. The second-order valence-electron chi connectivity index (χ2n) is 4.26. The molecule has 1 aromatic rings. The molecule has 0 saturated heterocycles. The van der Waals surface area contributed by atoms with Gasteiger partial charge in [0.05, 0.1) is 12.7 Å². The molecule has 17 heavy (non-hydrogen) atoms. The Hall–Kier alpha value is -0.870. The molecular weight excluding hydrogens is 234 g/mol. The highest BCUT2D eigenvalue weighted by atomic mass is 32.2. The normalized spacial score (nSPS) is 12.8. The van der Waals surface area contributed by atoms with Crippen LogP contribution in [0.2, 0.25) is 0 Å². The molecule has 0 saturated carbocycles. The Kier molecular flexibility index (Phi) is 5.65. The molecule has 0 radical (unpaired) electrons. The number of aliphatic hydroxyl groups is 1. The van der Waals surface area contributed by atoms with E-state index in [9.17, 15) is 5.11 Å². The fourth-order valence-corrected chi connectivity index (χ4v) is 2.43. The zero-order valence-corrected chi connectivity index (χ0v) is 11.5. The van der Waals surface area contributed by atoms with E-state index in [2.05, 4.69) is 0 Å². The molecule has 0 aromatic heterocycles. The third kappa shape index (κ3) is 4.48. The number of nitrogen functional groups attached to an aromatic ring is 1. The summed E-state index contributed by atoms with van der Waals surface area (Å²) in [6.45, 7) is 6.60. The van der Waals surface area contributed by atoms with Crippen LogP contribution in [0.3, 0.4) is 0 Å². The topological polar surface area (TPSA) is 55.5 Å². The van der Waals surface area contributed by atoms with Crippen molar-refractivity contribution in [3.63, 3.8) is 0 Å². The van der Waals surface area contributed by atoms with Crippen molar-refractivity contribution >= 4 is 17.4 Å². The third-order valence-corrected chi connectivity index (χ3v) is 3.65. The summed E-state index contributed by atoms with van der Waals surface area (Å²) >= 11 is 1.57. The summed E-state index contributed by atoms with van der Waals surface area (Å²) < 4.78 is 5.42. The SMILES string of the molecule is CCOc1ccc(N)c(SCC(O)C(C)C)c1. The highest BCUT2D eigenvalue weighted by molar-refractivity contribution is 7.99. The maximum atomic E-state index is 9.76. The highest BCUT2D eigenvalue weighted by Crippen LogP contribution is 2.30. The summed E-state index contributed by atoms with van der Waals surface area (Å²) in [5, 5.41) is 9.76. The van der Waals surface area contributed by atoms with Gasteiger partial charge in [0.15, 0.2) is 0 Å². The Morgan fingerprint density at radius 3 is 2.71 bits per heavy atom. The summed E-state index contributed by atoms with van der Waals surface area (Å²) in [7, 11) is 0. The van der Waals surface area contributed by atoms with Crippen molar-refractivity contribution in [1.29, 1.82) is 0 Å². The lowest BCUT2D eigenvalue weighted by Gasteiger charge is -2.15. The average Bonchev–Trinajstić information content (AvgIpc) is 2.29. The van der Waals surface area contributed by atoms with Crippen LogP contribution in [0.1, 0.15) is 20.8 Å². The molecule has 1 atom stereocenters. The van der Waals surface area contributed by atoms with Crippen molar-refractivity contribution in [1.82, 2.24) is 0 Å². The Bertz CT molecular complexity index is 355. The van der Waals surface area contributed by atoms with Gasteiger partial charge < -0.3 is 15.6 Å². The molecule has 1 aromatic carbocycles. The molecular formula is C13H21NO2S. The van der Waals surface area contributed by atoms with E-state index in [0.29, 0.717) is 12.4 Å². The van der Waals surface area contributed by atoms with Crippen molar-refractivity contribution in [3.8, 4) is 5.75 Å². The minimum Gasteiger partial charge on any atom is -0.494 e. The predicted octanol–water partition coefficient (Wildman–Crippen LogP) is 2.78. The summed E-state index contributed by atoms with van der Waals surface area (Å²) in [5.74, 6) is 1.74. The standard InChI is InChI=1S/C13H21NO2S/c1-4-16-10-5-6-11(14)13(7-10)17-8-12(15)9(2)3/h5-7,9,12,15H,4,8,14H2,1-3H3. The molecule has 3 nitrogen and oxygen atoms in total. The fraction of sp³-hybridized carbons (Fsp3) is 0.538. The summed E-state index contributed by atoms with van der Waals surface area (Å²) in [4.78, 5) is 0.968.